The molecular formula is C7H12O3S. The van der Waals surface area contributed by atoms with Gasteiger partial charge in [0.25, 0.3) is 0 Å². The Morgan fingerprint density at radius 1 is 1.64 bits per heavy atom. The van der Waals surface area contributed by atoms with Crippen LogP contribution in [0.25, 0.3) is 0 Å². The second-order valence-electron chi connectivity index (χ2n) is 2.56. The van der Waals surface area contributed by atoms with Gasteiger partial charge >= 0.3 is 0 Å². The summed E-state index contributed by atoms with van der Waals surface area (Å²) < 4.78 is 27.5. The van der Waals surface area contributed by atoms with E-state index in [0.29, 0.717) is 13.0 Å². The second-order valence-corrected chi connectivity index (χ2v) is 4.75. The Labute approximate surface area is 67.0 Å². The molecule has 0 aromatic rings. The standard InChI is InChI=1S/C7H12O3S/c1-2-6-11(8,9)7-4-3-5-10-7/h2,7H,1,3-6H2. The van der Waals surface area contributed by atoms with Crippen LogP contribution in [0, 0.1) is 0 Å². The molecule has 3 nitrogen and oxygen atoms in total. The Morgan fingerprint density at radius 3 is 2.82 bits per heavy atom. The van der Waals surface area contributed by atoms with Crippen LogP contribution in [-0.2, 0) is 14.6 Å². The van der Waals surface area contributed by atoms with Gasteiger partial charge in [-0.1, -0.05) is 6.08 Å². The van der Waals surface area contributed by atoms with Crippen LogP contribution in [-0.4, -0.2) is 26.2 Å². The van der Waals surface area contributed by atoms with E-state index in [0.717, 1.165) is 6.42 Å². The van der Waals surface area contributed by atoms with E-state index < -0.39 is 15.3 Å². The average Bonchev–Trinajstić information content (AvgIpc) is 2.37. The second kappa shape index (κ2) is 3.36. The van der Waals surface area contributed by atoms with Crippen molar-refractivity contribution in [1.82, 2.24) is 0 Å². The van der Waals surface area contributed by atoms with E-state index in [-0.39, 0.29) is 5.75 Å². The smallest absolute Gasteiger partial charge is 0.180 e. The lowest BCUT2D eigenvalue weighted by atomic mass is 10.4. The van der Waals surface area contributed by atoms with Gasteiger partial charge in [0.1, 0.15) is 0 Å². The molecule has 0 saturated carbocycles. The normalized spacial score (nSPS) is 25.3. The molecule has 1 saturated heterocycles. The van der Waals surface area contributed by atoms with E-state index in [1.165, 1.54) is 6.08 Å². The predicted octanol–water partition coefficient (Wildman–Crippen LogP) is 0.724. The molecule has 1 rings (SSSR count). The summed E-state index contributed by atoms with van der Waals surface area (Å²) in [6, 6.07) is 0. The Bertz CT molecular complexity index is 224. The molecule has 0 aromatic heterocycles. The van der Waals surface area contributed by atoms with E-state index >= 15 is 0 Å². The number of hydrogen-bond donors (Lipinski definition) is 0. The molecule has 64 valence electrons. The molecule has 0 bridgehead atoms. The van der Waals surface area contributed by atoms with Crippen molar-refractivity contribution in [3.05, 3.63) is 12.7 Å². The Balaban J connectivity index is 2.63. The minimum atomic E-state index is -3.05. The van der Waals surface area contributed by atoms with Crippen molar-refractivity contribution >= 4 is 9.84 Å². The number of sulfone groups is 1. The van der Waals surface area contributed by atoms with Gasteiger partial charge in [0.15, 0.2) is 15.3 Å². The van der Waals surface area contributed by atoms with Gasteiger partial charge in [-0.05, 0) is 12.8 Å². The van der Waals surface area contributed by atoms with Gasteiger partial charge in [-0.25, -0.2) is 8.42 Å². The van der Waals surface area contributed by atoms with Crippen molar-refractivity contribution in [2.75, 3.05) is 12.4 Å². The van der Waals surface area contributed by atoms with Gasteiger partial charge in [0.2, 0.25) is 0 Å². The first kappa shape index (κ1) is 8.74. The molecule has 0 amide bonds. The summed E-state index contributed by atoms with van der Waals surface area (Å²) in [5.74, 6) is 0.0255. The van der Waals surface area contributed by atoms with Crippen LogP contribution in [0.4, 0.5) is 0 Å². The van der Waals surface area contributed by atoms with Gasteiger partial charge in [-0.2, -0.15) is 0 Å². The Hall–Kier alpha value is -0.350. The topological polar surface area (TPSA) is 43.4 Å². The molecule has 0 aromatic carbocycles. The highest BCUT2D eigenvalue weighted by Gasteiger charge is 2.28. The van der Waals surface area contributed by atoms with E-state index in [1.807, 2.05) is 0 Å². The van der Waals surface area contributed by atoms with Crippen molar-refractivity contribution < 1.29 is 13.2 Å². The van der Waals surface area contributed by atoms with Gasteiger partial charge in [0.05, 0.1) is 5.75 Å². The molecule has 0 radical (unpaired) electrons. The minimum absolute atomic E-state index is 0.0255. The van der Waals surface area contributed by atoms with Gasteiger partial charge in [-0.15, -0.1) is 6.58 Å². The van der Waals surface area contributed by atoms with E-state index in [9.17, 15) is 8.42 Å². The number of hydrogen-bond acceptors (Lipinski definition) is 3. The van der Waals surface area contributed by atoms with Crippen LogP contribution in [0.2, 0.25) is 0 Å². The maximum Gasteiger partial charge on any atom is 0.180 e. The zero-order valence-electron chi connectivity index (χ0n) is 6.32. The van der Waals surface area contributed by atoms with Crippen LogP contribution in [0.3, 0.4) is 0 Å². The molecule has 1 unspecified atom stereocenters. The van der Waals surface area contributed by atoms with Crippen molar-refractivity contribution in [3.63, 3.8) is 0 Å². The Morgan fingerprint density at radius 2 is 2.36 bits per heavy atom. The molecule has 0 N–H and O–H groups in total. The van der Waals surface area contributed by atoms with Gasteiger partial charge in [-0.3, -0.25) is 0 Å². The summed E-state index contributed by atoms with van der Waals surface area (Å²) in [6.07, 6.45) is 2.88. The summed E-state index contributed by atoms with van der Waals surface area (Å²) in [7, 11) is -3.05. The van der Waals surface area contributed by atoms with E-state index in [1.54, 1.807) is 0 Å². The van der Waals surface area contributed by atoms with Crippen molar-refractivity contribution in [2.24, 2.45) is 0 Å². The third kappa shape index (κ3) is 2.04. The number of ether oxygens (including phenoxy) is 1. The van der Waals surface area contributed by atoms with Gasteiger partial charge in [0, 0.05) is 6.61 Å². The molecule has 1 atom stereocenters. The third-order valence-electron chi connectivity index (χ3n) is 1.64. The van der Waals surface area contributed by atoms with Crippen molar-refractivity contribution in [2.45, 2.75) is 18.3 Å². The van der Waals surface area contributed by atoms with Crippen LogP contribution in [0.15, 0.2) is 12.7 Å². The first-order valence-corrected chi connectivity index (χ1v) is 5.32. The first-order chi connectivity index (χ1) is 5.17. The summed E-state index contributed by atoms with van der Waals surface area (Å²) in [6.45, 7) is 3.95. The monoisotopic (exact) mass is 176 g/mol. The zero-order chi connectivity index (χ0) is 8.32. The van der Waals surface area contributed by atoms with E-state index in [2.05, 4.69) is 6.58 Å². The SMILES string of the molecule is C=CCS(=O)(=O)C1CCCO1. The fraction of sp³-hybridized carbons (Fsp3) is 0.714. The molecule has 1 heterocycles. The van der Waals surface area contributed by atoms with Crippen molar-refractivity contribution in [1.29, 1.82) is 0 Å². The minimum Gasteiger partial charge on any atom is -0.362 e. The highest BCUT2D eigenvalue weighted by Crippen LogP contribution is 2.18. The Kier molecular flexibility index (Phi) is 2.67. The summed E-state index contributed by atoms with van der Waals surface area (Å²) in [4.78, 5) is 0. The molecule has 0 aliphatic carbocycles. The van der Waals surface area contributed by atoms with Crippen LogP contribution >= 0.6 is 0 Å². The highest BCUT2D eigenvalue weighted by atomic mass is 32.2. The lowest BCUT2D eigenvalue weighted by Gasteiger charge is -2.07. The van der Waals surface area contributed by atoms with Gasteiger partial charge < -0.3 is 4.74 Å². The molecule has 4 heteroatoms. The molecule has 1 aliphatic heterocycles. The zero-order valence-corrected chi connectivity index (χ0v) is 7.14. The lowest BCUT2D eigenvalue weighted by Crippen LogP contribution is -2.21. The summed E-state index contributed by atoms with van der Waals surface area (Å²) in [5.41, 5.74) is -0.569. The van der Waals surface area contributed by atoms with Crippen LogP contribution in [0.5, 0.6) is 0 Å². The third-order valence-corrected chi connectivity index (χ3v) is 3.51. The highest BCUT2D eigenvalue weighted by molar-refractivity contribution is 7.92. The maximum absolute atomic E-state index is 11.2. The molecule has 1 aliphatic rings. The first-order valence-electron chi connectivity index (χ1n) is 3.61. The fourth-order valence-electron chi connectivity index (χ4n) is 1.10. The van der Waals surface area contributed by atoms with Crippen LogP contribution in [0.1, 0.15) is 12.8 Å². The molecule has 1 fully saturated rings. The quantitative estimate of drug-likeness (QED) is 0.595. The van der Waals surface area contributed by atoms with Crippen molar-refractivity contribution in [3.8, 4) is 0 Å². The molecular weight excluding hydrogens is 164 g/mol. The lowest BCUT2D eigenvalue weighted by molar-refractivity contribution is 0.165. The summed E-state index contributed by atoms with van der Waals surface area (Å²) in [5, 5.41) is 0. The largest absolute Gasteiger partial charge is 0.362 e. The molecule has 11 heavy (non-hydrogen) atoms. The predicted molar refractivity (Wildman–Crippen MR) is 43.0 cm³/mol. The molecule has 0 spiro atoms. The average molecular weight is 176 g/mol. The van der Waals surface area contributed by atoms with E-state index in [4.69, 9.17) is 4.74 Å². The number of rotatable bonds is 3. The summed E-state index contributed by atoms with van der Waals surface area (Å²) >= 11 is 0. The van der Waals surface area contributed by atoms with Crippen LogP contribution < -0.4 is 0 Å². The fourth-order valence-corrected chi connectivity index (χ4v) is 2.48. The maximum atomic E-state index is 11.2.